The molecular weight excluding hydrogens is 316 g/mol. The highest BCUT2D eigenvalue weighted by Gasteiger charge is 2.19. The highest BCUT2D eigenvalue weighted by molar-refractivity contribution is 9.10. The van der Waals surface area contributed by atoms with Gasteiger partial charge in [-0.1, -0.05) is 34.1 Å². The zero-order valence-electron chi connectivity index (χ0n) is 10.9. The number of benzene rings is 1. The Labute approximate surface area is 118 Å². The Morgan fingerprint density at radius 1 is 1.11 bits per heavy atom. The summed E-state index contributed by atoms with van der Waals surface area (Å²) in [7, 11) is 2.22. The van der Waals surface area contributed by atoms with E-state index in [1.807, 2.05) is 43.3 Å². The fourth-order valence-electron chi connectivity index (χ4n) is 1.40. The van der Waals surface area contributed by atoms with Gasteiger partial charge in [-0.3, -0.25) is 0 Å². The molecule has 0 spiro atoms. The van der Waals surface area contributed by atoms with Crippen molar-refractivity contribution in [1.82, 2.24) is 9.21 Å². The molecule has 0 fully saturated rings. The molecule has 1 rings (SSSR count). The normalized spacial score (nSPS) is 12.3. The Hall–Kier alpha value is -0.430. The molecule has 0 N–H and O–H groups in total. The van der Waals surface area contributed by atoms with Crippen LogP contribution < -0.4 is 0 Å². The fourth-order valence-corrected chi connectivity index (χ4v) is 3.24. The molecule has 102 valence electrons. The van der Waals surface area contributed by atoms with E-state index in [2.05, 4.69) is 15.9 Å². The maximum absolute atomic E-state index is 12.2. The Bertz CT molecular complexity index is 489. The quantitative estimate of drug-likeness (QED) is 0.796. The topological polar surface area (TPSA) is 40.6 Å². The first kappa shape index (κ1) is 15.6. The molecule has 0 atom stereocenters. The maximum Gasteiger partial charge on any atom is 0.218 e. The molecule has 0 aliphatic carbocycles. The number of hydrogen-bond acceptors (Lipinski definition) is 3. The molecule has 1 aromatic carbocycles. The van der Waals surface area contributed by atoms with Gasteiger partial charge in [-0.15, -0.1) is 0 Å². The van der Waals surface area contributed by atoms with Crippen molar-refractivity contribution in [2.24, 2.45) is 0 Å². The summed E-state index contributed by atoms with van der Waals surface area (Å²) >= 11 is 3.37. The van der Waals surface area contributed by atoms with Gasteiger partial charge in [0.1, 0.15) is 0 Å². The predicted octanol–water partition coefficient (Wildman–Crippen LogP) is 1.77. The molecule has 0 saturated carbocycles. The van der Waals surface area contributed by atoms with Crippen LogP contribution in [0.25, 0.3) is 0 Å². The third-order valence-corrected chi connectivity index (χ3v) is 5.21. The van der Waals surface area contributed by atoms with Crippen LogP contribution in [0.1, 0.15) is 5.56 Å². The first-order chi connectivity index (χ1) is 8.33. The number of hydrogen-bond donors (Lipinski definition) is 0. The van der Waals surface area contributed by atoms with Crippen LogP contribution in [0.4, 0.5) is 0 Å². The maximum atomic E-state index is 12.2. The summed E-state index contributed by atoms with van der Waals surface area (Å²) in [5.41, 5.74) is 0.786. The molecule has 1 aromatic rings. The lowest BCUT2D eigenvalue weighted by Crippen LogP contribution is -2.34. The molecule has 6 heteroatoms. The zero-order valence-corrected chi connectivity index (χ0v) is 13.3. The Kier molecular flexibility index (Phi) is 5.78. The summed E-state index contributed by atoms with van der Waals surface area (Å²) in [5, 5.41) is 0. The predicted molar refractivity (Wildman–Crippen MR) is 77.9 cm³/mol. The minimum Gasteiger partial charge on any atom is -0.308 e. The van der Waals surface area contributed by atoms with Gasteiger partial charge in [0.25, 0.3) is 0 Å². The van der Waals surface area contributed by atoms with Gasteiger partial charge in [0.15, 0.2) is 0 Å². The first-order valence-electron chi connectivity index (χ1n) is 5.65. The summed E-state index contributed by atoms with van der Waals surface area (Å²) in [6.45, 7) is 1.21. The lowest BCUT2D eigenvalue weighted by molar-refractivity contribution is 0.358. The fraction of sp³-hybridized carbons (Fsp3) is 0.500. The lowest BCUT2D eigenvalue weighted by atomic mass is 10.2. The average Bonchev–Trinajstić information content (AvgIpc) is 2.28. The number of rotatable bonds is 6. The zero-order chi connectivity index (χ0) is 13.8. The van der Waals surface area contributed by atoms with Crippen molar-refractivity contribution in [2.75, 3.05) is 34.2 Å². The monoisotopic (exact) mass is 334 g/mol. The van der Waals surface area contributed by atoms with Crippen molar-refractivity contribution in [3.05, 3.63) is 34.3 Å². The molecule has 0 aliphatic heterocycles. The third kappa shape index (κ3) is 4.68. The van der Waals surface area contributed by atoms with Gasteiger partial charge in [0.05, 0.1) is 5.75 Å². The van der Waals surface area contributed by atoms with Crippen LogP contribution >= 0.6 is 15.9 Å². The standard InChI is InChI=1S/C12H19BrN2O2S/c1-14(2)8-9-15(3)18(16,17)10-11-6-4-5-7-12(11)13/h4-7H,8-10H2,1-3H3. The van der Waals surface area contributed by atoms with Crippen LogP contribution in [-0.2, 0) is 15.8 Å². The van der Waals surface area contributed by atoms with Crippen LogP contribution in [0.5, 0.6) is 0 Å². The third-order valence-electron chi connectivity index (χ3n) is 2.63. The van der Waals surface area contributed by atoms with Gasteiger partial charge < -0.3 is 4.90 Å². The highest BCUT2D eigenvalue weighted by Crippen LogP contribution is 2.19. The van der Waals surface area contributed by atoms with E-state index < -0.39 is 10.0 Å². The van der Waals surface area contributed by atoms with E-state index in [-0.39, 0.29) is 5.75 Å². The number of halogens is 1. The average molecular weight is 335 g/mol. The van der Waals surface area contributed by atoms with Crippen LogP contribution in [0, 0.1) is 0 Å². The van der Waals surface area contributed by atoms with Crippen molar-refractivity contribution in [3.8, 4) is 0 Å². The molecule has 0 bridgehead atoms. The van der Waals surface area contributed by atoms with Gasteiger partial charge in [0, 0.05) is 24.6 Å². The van der Waals surface area contributed by atoms with Gasteiger partial charge in [-0.25, -0.2) is 12.7 Å². The number of sulfonamides is 1. The van der Waals surface area contributed by atoms with Crippen molar-refractivity contribution < 1.29 is 8.42 Å². The molecule has 0 aromatic heterocycles. The largest absolute Gasteiger partial charge is 0.308 e. The van der Waals surface area contributed by atoms with Crippen molar-refractivity contribution in [3.63, 3.8) is 0 Å². The van der Waals surface area contributed by atoms with Gasteiger partial charge in [-0.2, -0.15) is 0 Å². The van der Waals surface area contributed by atoms with E-state index in [9.17, 15) is 8.42 Å². The molecule has 4 nitrogen and oxygen atoms in total. The Morgan fingerprint density at radius 2 is 1.72 bits per heavy atom. The minimum absolute atomic E-state index is 0.0261. The highest BCUT2D eigenvalue weighted by atomic mass is 79.9. The van der Waals surface area contributed by atoms with Crippen LogP contribution in [-0.4, -0.2) is 51.9 Å². The van der Waals surface area contributed by atoms with Gasteiger partial charge in [0.2, 0.25) is 10.0 Å². The molecular formula is C12H19BrN2O2S. The smallest absolute Gasteiger partial charge is 0.218 e. The van der Waals surface area contributed by atoms with E-state index in [0.717, 1.165) is 10.0 Å². The summed E-state index contributed by atoms with van der Waals surface area (Å²) < 4.78 is 26.5. The molecule has 0 amide bonds. The molecule has 18 heavy (non-hydrogen) atoms. The van der Waals surface area contributed by atoms with Crippen molar-refractivity contribution in [1.29, 1.82) is 0 Å². The van der Waals surface area contributed by atoms with Crippen LogP contribution in [0.15, 0.2) is 28.7 Å². The summed E-state index contributed by atoms with van der Waals surface area (Å²) in [6.07, 6.45) is 0. The van der Waals surface area contributed by atoms with Gasteiger partial charge >= 0.3 is 0 Å². The van der Waals surface area contributed by atoms with E-state index in [4.69, 9.17) is 0 Å². The number of likely N-dealkylation sites (N-methyl/N-ethyl adjacent to an activating group) is 2. The van der Waals surface area contributed by atoms with Gasteiger partial charge in [-0.05, 0) is 25.7 Å². The summed E-state index contributed by atoms with van der Waals surface area (Å²) in [5.74, 6) is 0.0261. The minimum atomic E-state index is -3.25. The van der Waals surface area contributed by atoms with E-state index in [1.165, 1.54) is 4.31 Å². The lowest BCUT2D eigenvalue weighted by Gasteiger charge is -2.19. The second-order valence-corrected chi connectivity index (χ2v) is 7.40. The Balaban J connectivity index is 2.73. The molecule has 0 saturated heterocycles. The van der Waals surface area contributed by atoms with E-state index >= 15 is 0 Å². The second kappa shape index (κ2) is 6.65. The number of nitrogens with zero attached hydrogens (tertiary/aromatic N) is 2. The summed E-state index contributed by atoms with van der Waals surface area (Å²) in [4.78, 5) is 1.96. The van der Waals surface area contributed by atoms with E-state index in [0.29, 0.717) is 13.1 Å². The van der Waals surface area contributed by atoms with Crippen molar-refractivity contribution >= 4 is 26.0 Å². The molecule has 0 aliphatic rings. The molecule has 0 radical (unpaired) electrons. The second-order valence-electron chi connectivity index (χ2n) is 4.47. The van der Waals surface area contributed by atoms with Crippen molar-refractivity contribution in [2.45, 2.75) is 5.75 Å². The van der Waals surface area contributed by atoms with Crippen LogP contribution in [0.2, 0.25) is 0 Å². The van der Waals surface area contributed by atoms with Crippen LogP contribution in [0.3, 0.4) is 0 Å². The molecule has 0 unspecified atom stereocenters. The first-order valence-corrected chi connectivity index (χ1v) is 8.05. The SMILES string of the molecule is CN(C)CCN(C)S(=O)(=O)Cc1ccccc1Br. The van der Waals surface area contributed by atoms with E-state index in [1.54, 1.807) is 7.05 Å². The Morgan fingerprint density at radius 3 is 2.28 bits per heavy atom. The summed E-state index contributed by atoms with van der Waals surface area (Å²) in [6, 6.07) is 7.39. The molecule has 0 heterocycles.